The number of ether oxygens (including phenoxy) is 2. The lowest BCUT2D eigenvalue weighted by Gasteiger charge is -2.37. The van der Waals surface area contributed by atoms with Crippen LogP contribution in [0.2, 0.25) is 0 Å². The number of rotatable bonds is 9. The average molecular weight is 602 g/mol. The zero-order valence-corrected chi connectivity index (χ0v) is 26.1. The number of hydrogen-bond acceptors (Lipinski definition) is 8. The van der Waals surface area contributed by atoms with Gasteiger partial charge >= 0.3 is 11.9 Å². The first-order valence-electron chi connectivity index (χ1n) is 15.0. The molecule has 8 nitrogen and oxygen atoms in total. The molecule has 0 saturated carbocycles. The van der Waals surface area contributed by atoms with E-state index in [0.717, 1.165) is 34.8 Å². The number of hydrogen-bond donors (Lipinski definition) is 0. The fraction of sp³-hybridized carbons (Fsp3) is 0.412. The first kappa shape index (κ1) is 30.6. The lowest BCUT2D eigenvalue weighted by molar-refractivity contribution is -0.151. The molecule has 0 aromatic heterocycles. The molecule has 2 atom stereocenters. The maximum atomic E-state index is 13.7. The van der Waals surface area contributed by atoms with E-state index >= 15 is 0 Å². The number of amidine groups is 1. The van der Waals surface area contributed by atoms with Gasteiger partial charge in [-0.3, -0.25) is 9.59 Å². The quantitative estimate of drug-likeness (QED) is 0.311. The Morgan fingerprint density at radius 2 is 1.79 bits per heavy atom. The average Bonchev–Trinajstić information content (AvgIpc) is 3.41. The van der Waals surface area contributed by atoms with E-state index in [2.05, 4.69) is 38.1 Å². The molecule has 0 spiro atoms. The van der Waals surface area contributed by atoms with Gasteiger partial charge in [-0.05, 0) is 54.7 Å². The molecule has 2 aromatic carbocycles. The third-order valence-corrected chi connectivity index (χ3v) is 8.97. The summed E-state index contributed by atoms with van der Waals surface area (Å²) < 4.78 is 11.1. The molecular formula is C34H39N3O5S. The Kier molecular flexibility index (Phi) is 9.70. The van der Waals surface area contributed by atoms with Gasteiger partial charge in [-0.15, -0.1) is 0 Å². The minimum absolute atomic E-state index is 0.0597. The van der Waals surface area contributed by atoms with Crippen LogP contribution in [0.3, 0.4) is 0 Å². The highest BCUT2D eigenvalue weighted by Gasteiger charge is 2.42. The molecular weight excluding hydrogens is 562 g/mol. The van der Waals surface area contributed by atoms with Gasteiger partial charge in [-0.1, -0.05) is 80.2 Å². The second-order valence-electron chi connectivity index (χ2n) is 11.4. The SMILES string of the molecule is CCOC(=O)[C@@H]1CCCN(C(=O)CC2=CSC3=NC(C)=C(C(=O)OCc4ccccc4)[C@@H](c4ccc(C(C)C)cc4)N23)C1. The van der Waals surface area contributed by atoms with Crippen molar-refractivity contribution in [2.45, 2.75) is 65.5 Å². The number of fused-ring (bicyclic) bond motifs is 1. The summed E-state index contributed by atoms with van der Waals surface area (Å²) in [5, 5.41) is 2.67. The van der Waals surface area contributed by atoms with Crippen molar-refractivity contribution in [2.75, 3.05) is 19.7 Å². The van der Waals surface area contributed by atoms with E-state index in [1.807, 2.05) is 47.6 Å². The van der Waals surface area contributed by atoms with Crippen LogP contribution in [-0.4, -0.2) is 52.5 Å². The minimum atomic E-state index is -0.500. The van der Waals surface area contributed by atoms with Crippen molar-refractivity contribution in [1.29, 1.82) is 0 Å². The van der Waals surface area contributed by atoms with Crippen molar-refractivity contribution >= 4 is 34.8 Å². The molecule has 3 aliphatic heterocycles. The molecule has 1 fully saturated rings. The Labute approximate surface area is 257 Å². The molecule has 0 aliphatic carbocycles. The fourth-order valence-electron chi connectivity index (χ4n) is 5.73. The molecule has 3 aliphatic rings. The largest absolute Gasteiger partial charge is 0.466 e. The van der Waals surface area contributed by atoms with E-state index in [1.54, 1.807) is 11.8 Å². The van der Waals surface area contributed by atoms with Gasteiger partial charge in [-0.25, -0.2) is 9.79 Å². The first-order chi connectivity index (χ1) is 20.8. The monoisotopic (exact) mass is 601 g/mol. The summed E-state index contributed by atoms with van der Waals surface area (Å²) in [7, 11) is 0. The zero-order valence-electron chi connectivity index (χ0n) is 25.2. The number of piperidine rings is 1. The first-order valence-corrected chi connectivity index (χ1v) is 15.8. The van der Waals surface area contributed by atoms with Gasteiger partial charge in [0.2, 0.25) is 5.91 Å². The Balaban J connectivity index is 1.41. The van der Waals surface area contributed by atoms with Crippen LogP contribution in [0.5, 0.6) is 0 Å². The third-order valence-electron chi connectivity index (χ3n) is 8.08. The molecule has 0 bridgehead atoms. The number of aliphatic imine (C=N–C) groups is 1. The number of amides is 1. The van der Waals surface area contributed by atoms with Gasteiger partial charge in [0.15, 0.2) is 5.17 Å². The standard InChI is InChI=1S/C34H39N3O5S/c1-5-41-32(39)27-12-9-17-36(19-27)29(38)18-28-21-43-34-35-23(4)30(33(40)42-20-24-10-7-6-8-11-24)31(37(28)34)26-15-13-25(14-16-26)22(2)3/h6-8,10-11,13-16,21-22,27,31H,5,9,12,17-20H2,1-4H3/t27-,31-/m1/s1. The minimum Gasteiger partial charge on any atom is -0.466 e. The molecule has 2 aromatic rings. The van der Waals surface area contributed by atoms with E-state index in [9.17, 15) is 14.4 Å². The normalized spacial score (nSPS) is 20.0. The number of carbonyl (C=O) groups excluding carboxylic acids is 3. The highest BCUT2D eigenvalue weighted by Crippen LogP contribution is 2.45. The zero-order chi connectivity index (χ0) is 30.5. The summed E-state index contributed by atoms with van der Waals surface area (Å²) in [6, 6.07) is 17.4. The van der Waals surface area contributed by atoms with Gasteiger partial charge < -0.3 is 19.3 Å². The van der Waals surface area contributed by atoms with Crippen LogP contribution in [0, 0.1) is 5.92 Å². The smallest absolute Gasteiger partial charge is 0.338 e. The van der Waals surface area contributed by atoms with Crippen molar-refractivity contribution in [3.8, 4) is 0 Å². The lowest BCUT2D eigenvalue weighted by atomic mass is 9.91. The van der Waals surface area contributed by atoms with Crippen molar-refractivity contribution in [2.24, 2.45) is 10.9 Å². The number of carbonyl (C=O) groups is 3. The molecule has 1 saturated heterocycles. The van der Waals surface area contributed by atoms with E-state index < -0.39 is 12.0 Å². The maximum Gasteiger partial charge on any atom is 0.338 e. The topological polar surface area (TPSA) is 88.5 Å². The maximum absolute atomic E-state index is 13.7. The third kappa shape index (κ3) is 6.88. The van der Waals surface area contributed by atoms with Crippen LogP contribution >= 0.6 is 11.8 Å². The van der Waals surface area contributed by atoms with Crippen molar-refractivity contribution in [3.63, 3.8) is 0 Å². The van der Waals surface area contributed by atoms with Gasteiger partial charge in [0.05, 0.1) is 36.3 Å². The molecule has 0 unspecified atom stereocenters. The highest BCUT2D eigenvalue weighted by molar-refractivity contribution is 8.16. The van der Waals surface area contributed by atoms with Crippen molar-refractivity contribution in [1.82, 2.24) is 9.80 Å². The van der Waals surface area contributed by atoms with Crippen molar-refractivity contribution < 1.29 is 23.9 Å². The van der Waals surface area contributed by atoms with Gasteiger partial charge in [0.1, 0.15) is 6.61 Å². The van der Waals surface area contributed by atoms with Gasteiger partial charge in [0.25, 0.3) is 0 Å². The summed E-state index contributed by atoms with van der Waals surface area (Å²) in [6.07, 6.45) is 1.61. The predicted molar refractivity (Wildman–Crippen MR) is 168 cm³/mol. The van der Waals surface area contributed by atoms with E-state index in [-0.39, 0.29) is 30.8 Å². The van der Waals surface area contributed by atoms with Crippen LogP contribution in [0.1, 0.15) is 75.6 Å². The fourth-order valence-corrected chi connectivity index (χ4v) is 6.70. The molecule has 3 heterocycles. The summed E-state index contributed by atoms with van der Waals surface area (Å²) in [5.41, 5.74) is 4.85. The van der Waals surface area contributed by atoms with Crippen LogP contribution in [-0.2, 0) is 30.5 Å². The number of nitrogens with zero attached hydrogens (tertiary/aromatic N) is 3. The molecule has 0 radical (unpaired) electrons. The number of allylic oxidation sites excluding steroid dienone is 1. The van der Waals surface area contributed by atoms with Crippen molar-refractivity contribution in [3.05, 3.63) is 93.7 Å². The van der Waals surface area contributed by atoms with Gasteiger partial charge in [0, 0.05) is 18.8 Å². The Morgan fingerprint density at radius 3 is 2.49 bits per heavy atom. The summed E-state index contributed by atoms with van der Waals surface area (Å²) >= 11 is 1.45. The van der Waals surface area contributed by atoms with Gasteiger partial charge in [-0.2, -0.15) is 0 Å². The Morgan fingerprint density at radius 1 is 1.05 bits per heavy atom. The van der Waals surface area contributed by atoms with Crippen LogP contribution in [0.15, 0.2) is 82.0 Å². The van der Waals surface area contributed by atoms with Crippen LogP contribution in [0.25, 0.3) is 0 Å². The Hall–Kier alpha value is -3.85. The lowest BCUT2D eigenvalue weighted by Crippen LogP contribution is -2.44. The predicted octanol–water partition coefficient (Wildman–Crippen LogP) is 6.32. The van der Waals surface area contributed by atoms with E-state index in [1.165, 1.54) is 17.3 Å². The summed E-state index contributed by atoms with van der Waals surface area (Å²) in [6.45, 7) is 9.36. The second-order valence-corrected chi connectivity index (χ2v) is 12.2. The molecule has 1 amide bonds. The number of esters is 2. The number of likely N-dealkylation sites (tertiary alicyclic amines) is 1. The number of thioether (sulfide) groups is 1. The Bertz CT molecular complexity index is 1450. The molecule has 226 valence electrons. The molecule has 0 N–H and O–H groups in total. The van der Waals surface area contributed by atoms with E-state index in [4.69, 9.17) is 14.5 Å². The summed E-state index contributed by atoms with van der Waals surface area (Å²) in [5.74, 6) is -0.678. The number of benzene rings is 2. The molecule has 9 heteroatoms. The van der Waals surface area contributed by atoms with E-state index in [0.29, 0.717) is 36.9 Å². The molecule has 43 heavy (non-hydrogen) atoms. The molecule has 5 rings (SSSR count). The van der Waals surface area contributed by atoms with Crippen LogP contribution < -0.4 is 0 Å². The summed E-state index contributed by atoms with van der Waals surface area (Å²) in [4.78, 5) is 48.3. The highest BCUT2D eigenvalue weighted by atomic mass is 32.2. The second kappa shape index (κ2) is 13.6. The van der Waals surface area contributed by atoms with Crippen LogP contribution in [0.4, 0.5) is 0 Å².